The van der Waals surface area contributed by atoms with Gasteiger partial charge in [-0.15, -0.1) is 11.3 Å². The fourth-order valence-electron chi connectivity index (χ4n) is 2.64. The maximum atomic E-state index is 6.04. The van der Waals surface area contributed by atoms with Crippen molar-refractivity contribution in [2.75, 3.05) is 17.2 Å². The third kappa shape index (κ3) is 2.39. The number of rotatable bonds is 1. The van der Waals surface area contributed by atoms with Crippen LogP contribution >= 0.6 is 27.3 Å². The first-order chi connectivity index (χ1) is 9.04. The summed E-state index contributed by atoms with van der Waals surface area (Å²) in [5.41, 5.74) is 12.1. The molecule has 0 radical (unpaired) electrons. The van der Waals surface area contributed by atoms with Crippen LogP contribution in [-0.2, 0) is 13.0 Å². The summed E-state index contributed by atoms with van der Waals surface area (Å²) < 4.78 is 1.24. The number of benzene rings is 1. The average Bonchev–Trinajstić information content (AvgIpc) is 2.74. The van der Waals surface area contributed by atoms with E-state index in [1.54, 1.807) is 0 Å². The van der Waals surface area contributed by atoms with Gasteiger partial charge in [0.2, 0.25) is 0 Å². The summed E-state index contributed by atoms with van der Waals surface area (Å²) in [5.74, 6) is 0. The number of aryl methyl sites for hydroxylation is 2. The Labute approximate surface area is 126 Å². The van der Waals surface area contributed by atoms with Crippen LogP contribution in [0.25, 0.3) is 0 Å². The van der Waals surface area contributed by atoms with Crippen LogP contribution in [-0.4, -0.2) is 6.54 Å². The highest BCUT2D eigenvalue weighted by Crippen LogP contribution is 2.34. The first-order valence-corrected chi connectivity index (χ1v) is 8.04. The van der Waals surface area contributed by atoms with Gasteiger partial charge in [-0.25, -0.2) is 0 Å². The minimum atomic E-state index is 0.917. The van der Waals surface area contributed by atoms with Crippen LogP contribution in [0, 0.1) is 13.8 Å². The molecular weight excluding hydrogens is 320 g/mol. The zero-order chi connectivity index (χ0) is 13.6. The maximum Gasteiger partial charge on any atom is 0.0704 e. The molecular formula is C15H17BrN2S. The highest BCUT2D eigenvalue weighted by molar-refractivity contribution is 9.11. The molecule has 0 saturated heterocycles. The van der Waals surface area contributed by atoms with Crippen LogP contribution in [0.1, 0.15) is 21.6 Å². The lowest BCUT2D eigenvalue weighted by Gasteiger charge is -2.29. The van der Waals surface area contributed by atoms with Crippen molar-refractivity contribution in [3.05, 3.63) is 43.6 Å². The molecule has 0 amide bonds. The van der Waals surface area contributed by atoms with Crippen LogP contribution < -0.4 is 10.6 Å². The molecule has 0 saturated carbocycles. The van der Waals surface area contributed by atoms with Gasteiger partial charge in [-0.2, -0.15) is 0 Å². The Hall–Kier alpha value is -1.00. The topological polar surface area (TPSA) is 29.3 Å². The molecule has 0 atom stereocenters. The molecule has 1 aliphatic heterocycles. The van der Waals surface area contributed by atoms with Gasteiger partial charge in [0.25, 0.3) is 0 Å². The van der Waals surface area contributed by atoms with Crippen molar-refractivity contribution in [2.24, 2.45) is 0 Å². The molecule has 4 heteroatoms. The summed E-state index contributed by atoms with van der Waals surface area (Å²) in [5, 5.41) is 0. The Bertz CT molecular complexity index is 610. The van der Waals surface area contributed by atoms with Crippen molar-refractivity contribution in [3.8, 4) is 0 Å². The van der Waals surface area contributed by atoms with E-state index in [-0.39, 0.29) is 0 Å². The number of halogens is 1. The van der Waals surface area contributed by atoms with Gasteiger partial charge in [0.05, 0.1) is 10.3 Å². The molecule has 19 heavy (non-hydrogen) atoms. The highest BCUT2D eigenvalue weighted by Gasteiger charge is 2.19. The Morgan fingerprint density at radius 3 is 2.58 bits per heavy atom. The van der Waals surface area contributed by atoms with Gasteiger partial charge in [-0.05, 0) is 71.1 Å². The van der Waals surface area contributed by atoms with Gasteiger partial charge >= 0.3 is 0 Å². The summed E-state index contributed by atoms with van der Waals surface area (Å²) >= 11 is 5.44. The first-order valence-electron chi connectivity index (χ1n) is 6.43. The molecule has 1 aliphatic rings. The lowest BCUT2D eigenvalue weighted by molar-refractivity contribution is 0.744. The summed E-state index contributed by atoms with van der Waals surface area (Å²) in [6.45, 7) is 6.26. The third-order valence-electron chi connectivity index (χ3n) is 3.80. The van der Waals surface area contributed by atoms with Crippen molar-refractivity contribution in [1.29, 1.82) is 0 Å². The predicted molar refractivity (Wildman–Crippen MR) is 87.1 cm³/mol. The maximum absolute atomic E-state index is 6.04. The smallest absolute Gasteiger partial charge is 0.0704 e. The number of hydrogen-bond acceptors (Lipinski definition) is 3. The van der Waals surface area contributed by atoms with E-state index in [0.29, 0.717) is 0 Å². The molecule has 0 aliphatic carbocycles. The normalized spacial score (nSPS) is 14.6. The first kappa shape index (κ1) is 13.0. The fraction of sp³-hybridized carbons (Fsp3) is 0.333. The van der Waals surface area contributed by atoms with E-state index in [9.17, 15) is 0 Å². The van der Waals surface area contributed by atoms with Crippen molar-refractivity contribution < 1.29 is 0 Å². The van der Waals surface area contributed by atoms with E-state index in [1.807, 2.05) is 11.3 Å². The largest absolute Gasteiger partial charge is 0.398 e. The predicted octanol–water partition coefficient (Wildman–Crippen LogP) is 4.27. The minimum Gasteiger partial charge on any atom is -0.398 e. The Morgan fingerprint density at radius 2 is 1.89 bits per heavy atom. The molecule has 0 fully saturated rings. The Balaban J connectivity index is 1.92. The number of nitrogen functional groups attached to an aromatic ring is 1. The van der Waals surface area contributed by atoms with Crippen molar-refractivity contribution in [2.45, 2.75) is 26.8 Å². The summed E-state index contributed by atoms with van der Waals surface area (Å²) in [6, 6.07) is 6.67. The average molecular weight is 337 g/mol. The summed E-state index contributed by atoms with van der Waals surface area (Å²) in [4.78, 5) is 3.93. The number of anilines is 2. The molecule has 0 bridgehead atoms. The standard InChI is InChI=1S/C15H17BrN2S/c1-9-5-12(6-10(2)15(9)17)18-4-3-11-7-14(16)19-13(11)8-18/h5-7H,3-4,8,17H2,1-2H3. The highest BCUT2D eigenvalue weighted by atomic mass is 79.9. The van der Waals surface area contributed by atoms with Crippen molar-refractivity contribution in [1.82, 2.24) is 0 Å². The Morgan fingerprint density at radius 1 is 1.21 bits per heavy atom. The lowest BCUT2D eigenvalue weighted by Crippen LogP contribution is -2.29. The van der Waals surface area contributed by atoms with Gasteiger partial charge in [0.1, 0.15) is 0 Å². The SMILES string of the molecule is Cc1cc(N2CCc3cc(Br)sc3C2)cc(C)c1N. The van der Waals surface area contributed by atoms with Gasteiger partial charge in [-0.3, -0.25) is 0 Å². The van der Waals surface area contributed by atoms with E-state index in [2.05, 4.69) is 52.9 Å². The number of nitrogens with two attached hydrogens (primary N) is 1. The van der Waals surface area contributed by atoms with E-state index >= 15 is 0 Å². The van der Waals surface area contributed by atoms with Crippen LogP contribution in [0.2, 0.25) is 0 Å². The zero-order valence-electron chi connectivity index (χ0n) is 11.2. The zero-order valence-corrected chi connectivity index (χ0v) is 13.6. The van der Waals surface area contributed by atoms with E-state index in [1.165, 1.54) is 31.0 Å². The van der Waals surface area contributed by atoms with Crippen LogP contribution in [0.5, 0.6) is 0 Å². The van der Waals surface area contributed by atoms with Crippen LogP contribution in [0.4, 0.5) is 11.4 Å². The molecule has 0 spiro atoms. The number of thiophene rings is 1. The monoisotopic (exact) mass is 336 g/mol. The molecule has 2 nitrogen and oxygen atoms in total. The van der Waals surface area contributed by atoms with E-state index < -0.39 is 0 Å². The van der Waals surface area contributed by atoms with Crippen molar-refractivity contribution in [3.63, 3.8) is 0 Å². The van der Waals surface area contributed by atoms with Crippen molar-refractivity contribution >= 4 is 38.6 Å². The lowest BCUT2D eigenvalue weighted by atomic mass is 10.0. The Kier molecular flexibility index (Phi) is 3.31. The number of fused-ring (bicyclic) bond motifs is 1. The quantitative estimate of drug-likeness (QED) is 0.788. The molecule has 0 unspecified atom stereocenters. The summed E-state index contributed by atoms with van der Waals surface area (Å²) in [6.07, 6.45) is 1.12. The van der Waals surface area contributed by atoms with Gasteiger partial charge in [0.15, 0.2) is 0 Å². The second-order valence-corrected chi connectivity index (χ2v) is 7.68. The molecule has 2 N–H and O–H groups in total. The summed E-state index contributed by atoms with van der Waals surface area (Å²) in [7, 11) is 0. The molecule has 3 rings (SSSR count). The second kappa shape index (κ2) is 4.84. The molecule has 2 heterocycles. The van der Waals surface area contributed by atoms with E-state index in [0.717, 1.165) is 25.2 Å². The van der Waals surface area contributed by atoms with E-state index in [4.69, 9.17) is 5.73 Å². The number of nitrogens with zero attached hydrogens (tertiary/aromatic N) is 1. The fourth-order valence-corrected chi connectivity index (χ4v) is 4.45. The van der Waals surface area contributed by atoms with Gasteiger partial charge in [-0.1, -0.05) is 0 Å². The minimum absolute atomic E-state index is 0.917. The second-order valence-electron chi connectivity index (χ2n) is 5.16. The van der Waals surface area contributed by atoms with Crippen LogP contribution in [0.15, 0.2) is 22.0 Å². The molecule has 1 aromatic carbocycles. The molecule has 100 valence electrons. The molecule has 2 aromatic rings. The molecule has 1 aromatic heterocycles. The third-order valence-corrected chi connectivity index (χ3v) is 5.46. The van der Waals surface area contributed by atoms with Gasteiger partial charge in [0, 0.05) is 22.8 Å². The number of hydrogen-bond donors (Lipinski definition) is 1. The van der Waals surface area contributed by atoms with Crippen LogP contribution in [0.3, 0.4) is 0 Å². The van der Waals surface area contributed by atoms with Gasteiger partial charge < -0.3 is 10.6 Å².